The Hall–Kier alpha value is -0.160. The van der Waals surface area contributed by atoms with Crippen LogP contribution in [0.15, 0.2) is 0 Å². The Morgan fingerprint density at radius 3 is 2.75 bits per heavy atom. The van der Waals surface area contributed by atoms with Crippen molar-refractivity contribution < 1.29 is 9.84 Å². The molecule has 16 heavy (non-hydrogen) atoms. The van der Waals surface area contributed by atoms with Gasteiger partial charge in [-0.1, -0.05) is 0 Å². The highest BCUT2D eigenvalue weighted by Crippen LogP contribution is 2.18. The second-order valence-corrected chi connectivity index (χ2v) is 4.82. The molecule has 0 saturated carbocycles. The summed E-state index contributed by atoms with van der Waals surface area (Å²) in [7, 11) is 0. The van der Waals surface area contributed by atoms with Crippen LogP contribution in [0.2, 0.25) is 0 Å². The maximum absolute atomic E-state index is 8.88. The molecule has 0 aromatic rings. The summed E-state index contributed by atoms with van der Waals surface area (Å²) in [6.45, 7) is 7.75. The Balaban J connectivity index is 1.73. The van der Waals surface area contributed by atoms with Gasteiger partial charge in [0.05, 0.1) is 13.2 Å². The molecule has 2 fully saturated rings. The van der Waals surface area contributed by atoms with E-state index >= 15 is 0 Å². The molecule has 1 atom stereocenters. The largest absolute Gasteiger partial charge is 0.396 e. The molecular formula is C12H24N2O2. The Morgan fingerprint density at radius 2 is 2.00 bits per heavy atom. The maximum atomic E-state index is 8.88. The number of hydrogen-bond donors (Lipinski definition) is 1. The molecule has 94 valence electrons. The summed E-state index contributed by atoms with van der Waals surface area (Å²) >= 11 is 0. The van der Waals surface area contributed by atoms with Gasteiger partial charge in [0.25, 0.3) is 0 Å². The van der Waals surface area contributed by atoms with Crippen LogP contribution in [0, 0.1) is 0 Å². The normalized spacial score (nSPS) is 28.7. The van der Waals surface area contributed by atoms with E-state index in [2.05, 4.69) is 9.80 Å². The summed E-state index contributed by atoms with van der Waals surface area (Å²) in [4.78, 5) is 5.07. The highest BCUT2D eigenvalue weighted by atomic mass is 16.5. The van der Waals surface area contributed by atoms with Gasteiger partial charge in [-0.2, -0.15) is 0 Å². The average Bonchev–Trinajstić information content (AvgIpc) is 2.75. The summed E-state index contributed by atoms with van der Waals surface area (Å²) < 4.78 is 5.37. The van der Waals surface area contributed by atoms with Gasteiger partial charge in [-0.3, -0.25) is 9.80 Å². The number of likely N-dealkylation sites (tertiary alicyclic amines) is 1. The molecule has 0 aromatic carbocycles. The molecule has 4 heteroatoms. The lowest BCUT2D eigenvalue weighted by atomic mass is 10.2. The summed E-state index contributed by atoms with van der Waals surface area (Å²) in [5.74, 6) is 0. The summed E-state index contributed by atoms with van der Waals surface area (Å²) in [6.07, 6.45) is 3.56. The topological polar surface area (TPSA) is 35.9 Å². The SMILES string of the molecule is OCCCN1CCCC1CN1CCOCC1. The van der Waals surface area contributed by atoms with Gasteiger partial charge in [-0.05, 0) is 25.8 Å². The lowest BCUT2D eigenvalue weighted by Gasteiger charge is -2.32. The van der Waals surface area contributed by atoms with Gasteiger partial charge >= 0.3 is 0 Å². The van der Waals surface area contributed by atoms with E-state index in [9.17, 15) is 0 Å². The van der Waals surface area contributed by atoms with Crippen LogP contribution in [0.4, 0.5) is 0 Å². The van der Waals surface area contributed by atoms with Crippen LogP contribution >= 0.6 is 0 Å². The molecule has 2 saturated heterocycles. The van der Waals surface area contributed by atoms with E-state index in [1.807, 2.05) is 0 Å². The third-order valence-corrected chi connectivity index (χ3v) is 3.68. The number of nitrogens with zero attached hydrogens (tertiary/aromatic N) is 2. The molecule has 0 bridgehead atoms. The number of hydrogen-bond acceptors (Lipinski definition) is 4. The van der Waals surface area contributed by atoms with Gasteiger partial charge in [-0.25, -0.2) is 0 Å². The van der Waals surface area contributed by atoms with Crippen LogP contribution in [0.1, 0.15) is 19.3 Å². The predicted octanol–water partition coefficient (Wildman–Crippen LogP) is 0.165. The number of aliphatic hydroxyl groups is 1. The van der Waals surface area contributed by atoms with Crippen LogP contribution in [0.5, 0.6) is 0 Å². The quantitative estimate of drug-likeness (QED) is 0.727. The van der Waals surface area contributed by atoms with Crippen LogP contribution in [0.3, 0.4) is 0 Å². The second kappa shape index (κ2) is 6.55. The van der Waals surface area contributed by atoms with Crippen LogP contribution in [0.25, 0.3) is 0 Å². The first kappa shape index (κ1) is 12.3. The van der Waals surface area contributed by atoms with Crippen molar-refractivity contribution in [1.29, 1.82) is 0 Å². The summed E-state index contributed by atoms with van der Waals surface area (Å²) in [5.41, 5.74) is 0. The third-order valence-electron chi connectivity index (χ3n) is 3.68. The minimum absolute atomic E-state index is 0.320. The smallest absolute Gasteiger partial charge is 0.0594 e. The summed E-state index contributed by atoms with van der Waals surface area (Å²) in [5, 5.41) is 8.88. The molecule has 2 rings (SSSR count). The van der Waals surface area contributed by atoms with E-state index in [-0.39, 0.29) is 0 Å². The van der Waals surface area contributed by atoms with Gasteiger partial charge in [0.15, 0.2) is 0 Å². The predicted molar refractivity (Wildman–Crippen MR) is 63.6 cm³/mol. The molecule has 0 aromatic heterocycles. The van der Waals surface area contributed by atoms with Gasteiger partial charge in [0.1, 0.15) is 0 Å². The zero-order valence-electron chi connectivity index (χ0n) is 10.1. The molecule has 2 aliphatic heterocycles. The van der Waals surface area contributed by atoms with Crippen molar-refractivity contribution in [1.82, 2.24) is 9.80 Å². The minimum atomic E-state index is 0.320. The van der Waals surface area contributed by atoms with E-state index in [0.29, 0.717) is 12.6 Å². The third kappa shape index (κ3) is 3.42. The zero-order chi connectivity index (χ0) is 11.2. The number of rotatable bonds is 5. The first-order valence-corrected chi connectivity index (χ1v) is 6.55. The minimum Gasteiger partial charge on any atom is -0.396 e. The number of morpholine rings is 1. The van der Waals surface area contributed by atoms with E-state index < -0.39 is 0 Å². The van der Waals surface area contributed by atoms with Crippen molar-refractivity contribution in [2.75, 3.05) is 52.5 Å². The van der Waals surface area contributed by atoms with Crippen molar-refractivity contribution in [3.05, 3.63) is 0 Å². The van der Waals surface area contributed by atoms with E-state index in [1.165, 1.54) is 25.9 Å². The van der Waals surface area contributed by atoms with Gasteiger partial charge in [0, 0.05) is 38.8 Å². The average molecular weight is 228 g/mol. The Morgan fingerprint density at radius 1 is 1.19 bits per heavy atom. The first-order chi connectivity index (χ1) is 7.90. The monoisotopic (exact) mass is 228 g/mol. The molecule has 0 amide bonds. The Bertz CT molecular complexity index is 195. The highest BCUT2D eigenvalue weighted by Gasteiger charge is 2.26. The molecular weight excluding hydrogens is 204 g/mol. The second-order valence-electron chi connectivity index (χ2n) is 4.82. The molecule has 0 radical (unpaired) electrons. The Kier molecular flexibility index (Phi) is 5.03. The van der Waals surface area contributed by atoms with Gasteiger partial charge < -0.3 is 9.84 Å². The molecule has 0 aliphatic carbocycles. The summed E-state index contributed by atoms with van der Waals surface area (Å²) in [6, 6.07) is 0.713. The molecule has 1 N–H and O–H groups in total. The number of aliphatic hydroxyl groups excluding tert-OH is 1. The van der Waals surface area contributed by atoms with Crippen LogP contribution in [-0.4, -0.2) is 73.5 Å². The number of ether oxygens (including phenoxy) is 1. The van der Waals surface area contributed by atoms with Crippen LogP contribution < -0.4 is 0 Å². The van der Waals surface area contributed by atoms with Crippen molar-refractivity contribution >= 4 is 0 Å². The molecule has 2 aliphatic rings. The molecule has 1 unspecified atom stereocenters. The standard InChI is InChI=1S/C12H24N2O2/c15-8-2-5-14-4-1-3-12(14)11-13-6-9-16-10-7-13/h12,15H,1-11H2. The van der Waals surface area contributed by atoms with E-state index in [0.717, 1.165) is 39.3 Å². The van der Waals surface area contributed by atoms with Crippen molar-refractivity contribution in [2.45, 2.75) is 25.3 Å². The fourth-order valence-electron chi connectivity index (χ4n) is 2.75. The maximum Gasteiger partial charge on any atom is 0.0594 e. The van der Waals surface area contributed by atoms with Crippen molar-refractivity contribution in [3.63, 3.8) is 0 Å². The van der Waals surface area contributed by atoms with Crippen molar-refractivity contribution in [2.24, 2.45) is 0 Å². The molecule has 4 nitrogen and oxygen atoms in total. The highest BCUT2D eigenvalue weighted by molar-refractivity contribution is 4.82. The zero-order valence-corrected chi connectivity index (χ0v) is 10.1. The van der Waals surface area contributed by atoms with Gasteiger partial charge in [-0.15, -0.1) is 0 Å². The lowest BCUT2D eigenvalue weighted by Crippen LogP contribution is -2.45. The van der Waals surface area contributed by atoms with Gasteiger partial charge in [0.2, 0.25) is 0 Å². The van der Waals surface area contributed by atoms with Crippen molar-refractivity contribution in [3.8, 4) is 0 Å². The molecule has 2 heterocycles. The molecule has 0 spiro atoms. The fourth-order valence-corrected chi connectivity index (χ4v) is 2.75. The van der Waals surface area contributed by atoms with E-state index in [1.54, 1.807) is 0 Å². The van der Waals surface area contributed by atoms with Crippen LogP contribution in [-0.2, 0) is 4.74 Å². The van der Waals surface area contributed by atoms with E-state index in [4.69, 9.17) is 9.84 Å². The Labute approximate surface area is 98.2 Å². The fraction of sp³-hybridized carbons (Fsp3) is 1.00. The lowest BCUT2D eigenvalue weighted by molar-refractivity contribution is 0.0264. The first-order valence-electron chi connectivity index (χ1n) is 6.55.